The van der Waals surface area contributed by atoms with Gasteiger partial charge in [-0.2, -0.15) is 0 Å². The Hall–Kier alpha value is -1.52. The molecule has 0 spiro atoms. The zero-order valence-electron chi connectivity index (χ0n) is 18.2. The summed E-state index contributed by atoms with van der Waals surface area (Å²) in [6.07, 6.45) is 10.6. The topological polar surface area (TPSA) is 49.4 Å². The highest BCUT2D eigenvalue weighted by Gasteiger charge is 2.63. The van der Waals surface area contributed by atoms with E-state index < -0.39 is 11.2 Å². The Balaban J connectivity index is 1.46. The molecule has 0 aromatic heterocycles. The van der Waals surface area contributed by atoms with Crippen LogP contribution in [0.4, 0.5) is 0 Å². The van der Waals surface area contributed by atoms with E-state index in [0.717, 1.165) is 49.2 Å². The summed E-state index contributed by atoms with van der Waals surface area (Å²) in [6, 6.07) is 9.56. The lowest BCUT2D eigenvalue weighted by Crippen LogP contribution is -2.49. The summed E-state index contributed by atoms with van der Waals surface area (Å²) in [4.78, 5) is 14.3. The number of carbonyl (C=O) groups is 1. The van der Waals surface area contributed by atoms with Crippen molar-refractivity contribution in [3.8, 4) is 0 Å². The van der Waals surface area contributed by atoms with E-state index in [1.807, 2.05) is 30.3 Å². The highest BCUT2D eigenvalue weighted by atomic mass is 32.2. The van der Waals surface area contributed by atoms with Gasteiger partial charge in [-0.1, -0.05) is 38.1 Å². The van der Waals surface area contributed by atoms with Gasteiger partial charge in [0.2, 0.25) is 0 Å². The van der Waals surface area contributed by atoms with Crippen LogP contribution in [0.2, 0.25) is 0 Å². The number of allylic oxidation sites excluding steroid dienone is 4. The van der Waals surface area contributed by atoms with Crippen LogP contribution in [-0.2, 0) is 20.7 Å². The molecule has 2 unspecified atom stereocenters. The number of Topliss-reactive ketones (excluding diaryl/α,β-unsaturated/α-hetero) is 1. The van der Waals surface area contributed by atoms with Gasteiger partial charge in [0.05, 0.1) is 12.9 Å². The molecule has 7 atom stereocenters. The zero-order valence-corrected chi connectivity index (χ0v) is 19.0. The molecule has 0 N–H and O–H groups in total. The van der Waals surface area contributed by atoms with Gasteiger partial charge < -0.3 is 9.29 Å². The number of methoxy groups -OCH3 is 1. The van der Waals surface area contributed by atoms with E-state index in [2.05, 4.69) is 26.0 Å². The molecule has 160 valence electrons. The van der Waals surface area contributed by atoms with E-state index in [-0.39, 0.29) is 21.9 Å². The summed E-state index contributed by atoms with van der Waals surface area (Å²) < 4.78 is 18.9. The van der Waals surface area contributed by atoms with Gasteiger partial charge in [-0.05, 0) is 83.8 Å². The molecule has 0 saturated heterocycles. The number of benzene rings is 1. The molecule has 4 heteroatoms. The number of ketones is 1. The molecular weight excluding hydrogens is 392 g/mol. The van der Waals surface area contributed by atoms with Crippen molar-refractivity contribution in [1.29, 1.82) is 0 Å². The summed E-state index contributed by atoms with van der Waals surface area (Å²) in [5.74, 6) is 2.79. The van der Waals surface area contributed by atoms with Gasteiger partial charge in [-0.15, -0.1) is 0 Å². The van der Waals surface area contributed by atoms with E-state index in [1.54, 1.807) is 7.11 Å². The minimum Gasteiger partial charge on any atom is -0.611 e. The van der Waals surface area contributed by atoms with E-state index in [9.17, 15) is 9.35 Å². The summed E-state index contributed by atoms with van der Waals surface area (Å²) in [5.41, 5.74) is 1.29. The van der Waals surface area contributed by atoms with Gasteiger partial charge in [0.25, 0.3) is 0 Å². The van der Waals surface area contributed by atoms with Crippen molar-refractivity contribution in [2.75, 3.05) is 7.11 Å². The molecule has 0 radical (unpaired) electrons. The predicted molar refractivity (Wildman–Crippen MR) is 119 cm³/mol. The number of carbonyl (C=O) groups excluding carboxylic acids is 1. The molecule has 2 fully saturated rings. The lowest BCUT2D eigenvalue weighted by atomic mass is 9.49. The van der Waals surface area contributed by atoms with Gasteiger partial charge in [0.15, 0.2) is 15.9 Å². The maximum atomic E-state index is 13.6. The van der Waals surface area contributed by atoms with E-state index >= 15 is 0 Å². The average Bonchev–Trinajstić information content (AvgIpc) is 3.04. The third kappa shape index (κ3) is 2.86. The molecule has 5 rings (SSSR count). The molecule has 0 bridgehead atoms. The number of ether oxygens (including phenoxy) is 1. The molecule has 0 amide bonds. The maximum absolute atomic E-state index is 13.6. The summed E-state index contributed by atoms with van der Waals surface area (Å²) in [5, 5.41) is -0.356. The first-order valence-electron chi connectivity index (χ1n) is 11.3. The van der Waals surface area contributed by atoms with Crippen LogP contribution >= 0.6 is 0 Å². The van der Waals surface area contributed by atoms with Gasteiger partial charge in [0.1, 0.15) is 0 Å². The summed E-state index contributed by atoms with van der Waals surface area (Å²) in [7, 11) is 1.77. The van der Waals surface area contributed by atoms with E-state index in [0.29, 0.717) is 17.8 Å². The van der Waals surface area contributed by atoms with Crippen molar-refractivity contribution in [3.63, 3.8) is 0 Å². The highest BCUT2D eigenvalue weighted by Crippen LogP contribution is 2.64. The number of rotatable bonds is 3. The van der Waals surface area contributed by atoms with Crippen LogP contribution in [-0.4, -0.2) is 22.7 Å². The first-order chi connectivity index (χ1) is 14.4. The fourth-order valence-corrected chi connectivity index (χ4v) is 8.73. The number of hydrogen-bond donors (Lipinski definition) is 0. The second-order valence-corrected chi connectivity index (χ2v) is 11.8. The second-order valence-electron chi connectivity index (χ2n) is 10.2. The Morgan fingerprint density at radius 1 is 1.10 bits per heavy atom. The van der Waals surface area contributed by atoms with Crippen LogP contribution in [0.25, 0.3) is 0 Å². The van der Waals surface area contributed by atoms with Crippen LogP contribution in [0.15, 0.2) is 58.7 Å². The fourth-order valence-electron chi connectivity index (χ4n) is 7.13. The normalized spacial score (nSPS) is 41.1. The molecule has 1 aromatic rings. The van der Waals surface area contributed by atoms with Gasteiger partial charge in [-0.25, -0.2) is 0 Å². The molecule has 4 aliphatic rings. The number of hydrogen-bond acceptors (Lipinski definition) is 3. The van der Waals surface area contributed by atoms with Crippen molar-refractivity contribution >= 4 is 17.0 Å². The number of fused-ring (bicyclic) bond motifs is 5. The Morgan fingerprint density at radius 3 is 2.60 bits per heavy atom. The largest absolute Gasteiger partial charge is 0.611 e. The molecule has 0 heterocycles. The van der Waals surface area contributed by atoms with Crippen molar-refractivity contribution < 1.29 is 14.1 Å². The fraction of sp³-hybridized carbons (Fsp3) is 0.577. The quantitative estimate of drug-likeness (QED) is 0.607. The summed E-state index contributed by atoms with van der Waals surface area (Å²) >= 11 is -1.26. The third-order valence-electron chi connectivity index (χ3n) is 8.94. The molecule has 1 aromatic carbocycles. The maximum Gasteiger partial charge on any atom is 0.191 e. The monoisotopic (exact) mass is 424 g/mol. The predicted octanol–water partition coefficient (Wildman–Crippen LogP) is 5.44. The summed E-state index contributed by atoms with van der Waals surface area (Å²) in [6.45, 7) is 4.60. The molecule has 0 aliphatic heterocycles. The first-order valence-corrected chi connectivity index (χ1v) is 12.5. The van der Waals surface area contributed by atoms with Gasteiger partial charge in [0, 0.05) is 18.3 Å². The van der Waals surface area contributed by atoms with Crippen LogP contribution < -0.4 is 0 Å². The Labute approximate surface area is 183 Å². The van der Waals surface area contributed by atoms with Crippen molar-refractivity contribution in [2.24, 2.45) is 28.6 Å². The smallest absolute Gasteiger partial charge is 0.191 e. The van der Waals surface area contributed by atoms with E-state index in [1.165, 1.54) is 5.57 Å². The Kier molecular flexibility index (Phi) is 4.94. The molecule has 3 nitrogen and oxygen atoms in total. The SMILES string of the molecule is COC1=CC2=CC[C@@H]3[C@H](CC[C@]4(C)C(=O)C([S+]([O-])c5ccccc5)C[C@@H]34)[C@@]2(C)CC1. The third-order valence-corrected chi connectivity index (χ3v) is 10.6. The molecule has 2 saturated carbocycles. The zero-order chi connectivity index (χ0) is 21.1. The van der Waals surface area contributed by atoms with Crippen molar-refractivity contribution in [2.45, 2.75) is 62.5 Å². The molecule has 4 aliphatic carbocycles. The van der Waals surface area contributed by atoms with E-state index in [4.69, 9.17) is 4.74 Å². The standard InChI is InChI=1S/C26H32O3S/c1-25-13-11-18(29-3)15-17(25)9-10-20-21(25)12-14-26(2)22(20)16-23(24(26)27)30(28)19-7-5-4-6-8-19/h4-9,15,20-23H,10-14,16H2,1-3H3/t20-,21+,22+,23?,25+,26+,30?/m1/s1. The minimum atomic E-state index is -1.26. The molecule has 30 heavy (non-hydrogen) atoms. The lowest BCUT2D eigenvalue weighted by molar-refractivity contribution is -0.131. The van der Waals surface area contributed by atoms with Crippen LogP contribution in [0.3, 0.4) is 0 Å². The Bertz CT molecular complexity index is 906. The minimum absolute atomic E-state index is 0.173. The Morgan fingerprint density at radius 2 is 1.87 bits per heavy atom. The van der Waals surface area contributed by atoms with Crippen molar-refractivity contribution in [3.05, 3.63) is 53.8 Å². The lowest BCUT2D eigenvalue weighted by Gasteiger charge is -2.55. The van der Waals surface area contributed by atoms with Crippen LogP contribution in [0.5, 0.6) is 0 Å². The van der Waals surface area contributed by atoms with Gasteiger partial charge in [-0.3, -0.25) is 4.79 Å². The van der Waals surface area contributed by atoms with Crippen molar-refractivity contribution in [1.82, 2.24) is 0 Å². The van der Waals surface area contributed by atoms with Crippen LogP contribution in [0.1, 0.15) is 52.4 Å². The molecular formula is C26H32O3S. The highest BCUT2D eigenvalue weighted by molar-refractivity contribution is 7.92. The first kappa shape index (κ1) is 20.4. The van der Waals surface area contributed by atoms with Gasteiger partial charge >= 0.3 is 0 Å². The average molecular weight is 425 g/mol. The second kappa shape index (κ2) is 7.27. The van der Waals surface area contributed by atoms with Crippen LogP contribution in [0, 0.1) is 28.6 Å².